The van der Waals surface area contributed by atoms with Gasteiger partial charge in [0.15, 0.2) is 5.69 Å². The molecule has 0 atom stereocenters. The molecular weight excluding hydrogens is 382 g/mol. The van der Waals surface area contributed by atoms with Gasteiger partial charge in [-0.2, -0.15) is 5.10 Å². The molecule has 5 rings (SSSR count). The smallest absolute Gasteiger partial charge is 0.276 e. The van der Waals surface area contributed by atoms with Gasteiger partial charge in [0, 0.05) is 11.3 Å². The molecule has 31 heavy (non-hydrogen) atoms. The first-order valence-corrected chi connectivity index (χ1v) is 10.2. The van der Waals surface area contributed by atoms with Crippen LogP contribution < -0.4 is 5.32 Å². The number of aromatic nitrogens is 2. The molecule has 0 aliphatic rings. The van der Waals surface area contributed by atoms with Gasteiger partial charge in [0.2, 0.25) is 0 Å². The molecule has 1 amide bonds. The van der Waals surface area contributed by atoms with Crippen LogP contribution in [0, 0.1) is 6.92 Å². The predicted octanol–water partition coefficient (Wildman–Crippen LogP) is 6.25. The van der Waals surface area contributed by atoms with Gasteiger partial charge in [-0.25, -0.2) is 4.68 Å². The van der Waals surface area contributed by atoms with E-state index in [0.717, 1.165) is 28.0 Å². The first-order chi connectivity index (χ1) is 15.2. The van der Waals surface area contributed by atoms with Crippen LogP contribution in [0.3, 0.4) is 0 Å². The number of nitrogens with zero attached hydrogens (tertiary/aromatic N) is 2. The second kappa shape index (κ2) is 7.92. The molecule has 4 aromatic carbocycles. The van der Waals surface area contributed by atoms with Crippen molar-refractivity contribution in [3.05, 3.63) is 114 Å². The summed E-state index contributed by atoms with van der Waals surface area (Å²) in [6.45, 7) is 2.05. The monoisotopic (exact) mass is 403 g/mol. The molecule has 0 aliphatic heterocycles. The van der Waals surface area contributed by atoms with E-state index >= 15 is 0 Å². The Morgan fingerprint density at radius 3 is 2.26 bits per heavy atom. The van der Waals surface area contributed by atoms with Crippen molar-refractivity contribution in [2.24, 2.45) is 0 Å². The summed E-state index contributed by atoms with van der Waals surface area (Å²) < 4.78 is 1.84. The van der Waals surface area contributed by atoms with E-state index < -0.39 is 0 Å². The summed E-state index contributed by atoms with van der Waals surface area (Å²) in [7, 11) is 0. The normalized spacial score (nSPS) is 10.9. The highest BCUT2D eigenvalue weighted by Gasteiger charge is 2.17. The van der Waals surface area contributed by atoms with Crippen LogP contribution in [0.1, 0.15) is 16.1 Å². The number of hydrogen-bond donors (Lipinski definition) is 1. The molecule has 0 radical (unpaired) electrons. The molecular formula is C27H21N3O. The summed E-state index contributed by atoms with van der Waals surface area (Å²) in [6.07, 6.45) is 0. The quantitative estimate of drug-likeness (QED) is 0.385. The average molecular weight is 403 g/mol. The number of fused-ring (bicyclic) bond motifs is 1. The van der Waals surface area contributed by atoms with Gasteiger partial charge in [0.1, 0.15) is 0 Å². The van der Waals surface area contributed by atoms with Crippen LogP contribution in [0.4, 0.5) is 5.69 Å². The highest BCUT2D eigenvalue weighted by Crippen LogP contribution is 2.28. The van der Waals surface area contributed by atoms with Crippen molar-refractivity contribution in [3.63, 3.8) is 0 Å². The van der Waals surface area contributed by atoms with Crippen LogP contribution in [0.2, 0.25) is 0 Å². The van der Waals surface area contributed by atoms with Gasteiger partial charge < -0.3 is 5.32 Å². The van der Waals surface area contributed by atoms with Crippen LogP contribution in [0.15, 0.2) is 103 Å². The second-order valence-corrected chi connectivity index (χ2v) is 7.54. The topological polar surface area (TPSA) is 46.9 Å². The standard InChI is InChI=1S/C27H21N3O/c1-19-11-15-24(16-12-19)30-26(22-14-13-20-7-5-6-8-21(20)17-22)18-25(29-30)27(31)28-23-9-3-2-4-10-23/h2-18H,1H3,(H,28,31). The molecule has 0 saturated heterocycles. The van der Waals surface area contributed by atoms with E-state index in [1.807, 2.05) is 77.5 Å². The molecule has 0 bridgehead atoms. The largest absolute Gasteiger partial charge is 0.321 e. The summed E-state index contributed by atoms with van der Waals surface area (Å²) in [5.74, 6) is -0.237. The fourth-order valence-electron chi connectivity index (χ4n) is 3.65. The van der Waals surface area contributed by atoms with Crippen molar-refractivity contribution < 1.29 is 4.79 Å². The molecule has 0 aliphatic carbocycles. The maximum atomic E-state index is 12.9. The lowest BCUT2D eigenvalue weighted by Gasteiger charge is -2.09. The van der Waals surface area contributed by atoms with Gasteiger partial charge in [-0.15, -0.1) is 0 Å². The predicted molar refractivity (Wildman–Crippen MR) is 126 cm³/mol. The Balaban J connectivity index is 1.61. The number of aryl methyl sites for hydroxylation is 1. The molecule has 0 unspecified atom stereocenters. The van der Waals surface area contributed by atoms with E-state index in [1.165, 1.54) is 10.9 Å². The van der Waals surface area contributed by atoms with Gasteiger partial charge in [-0.1, -0.05) is 72.3 Å². The third-order valence-corrected chi connectivity index (χ3v) is 5.30. The van der Waals surface area contributed by atoms with Crippen LogP contribution in [0.25, 0.3) is 27.7 Å². The maximum Gasteiger partial charge on any atom is 0.276 e. The van der Waals surface area contributed by atoms with Gasteiger partial charge in [0.05, 0.1) is 11.4 Å². The SMILES string of the molecule is Cc1ccc(-n2nc(C(=O)Nc3ccccc3)cc2-c2ccc3ccccc3c2)cc1. The van der Waals surface area contributed by atoms with Crippen molar-refractivity contribution in [1.82, 2.24) is 9.78 Å². The summed E-state index contributed by atoms with van der Waals surface area (Å²) in [6, 6.07) is 33.9. The molecule has 0 fully saturated rings. The van der Waals surface area contributed by atoms with Crippen molar-refractivity contribution in [2.75, 3.05) is 5.32 Å². The zero-order valence-electron chi connectivity index (χ0n) is 17.1. The Morgan fingerprint density at radius 2 is 1.48 bits per heavy atom. The van der Waals surface area contributed by atoms with Gasteiger partial charge >= 0.3 is 0 Å². The average Bonchev–Trinajstić information content (AvgIpc) is 3.26. The number of amides is 1. The number of anilines is 1. The molecule has 1 N–H and O–H groups in total. The third-order valence-electron chi connectivity index (χ3n) is 5.30. The van der Waals surface area contributed by atoms with E-state index in [1.54, 1.807) is 0 Å². The summed E-state index contributed by atoms with van der Waals surface area (Å²) in [4.78, 5) is 12.9. The highest BCUT2D eigenvalue weighted by molar-refractivity contribution is 6.03. The minimum Gasteiger partial charge on any atom is -0.321 e. The lowest BCUT2D eigenvalue weighted by molar-refractivity contribution is 0.102. The maximum absolute atomic E-state index is 12.9. The minimum atomic E-state index is -0.237. The van der Waals surface area contributed by atoms with Gasteiger partial charge in [0.25, 0.3) is 5.91 Å². The van der Waals surface area contributed by atoms with Crippen molar-refractivity contribution in [3.8, 4) is 16.9 Å². The number of carbonyl (C=O) groups excluding carboxylic acids is 1. The van der Waals surface area contributed by atoms with E-state index in [4.69, 9.17) is 0 Å². The van der Waals surface area contributed by atoms with Crippen LogP contribution in [0.5, 0.6) is 0 Å². The van der Waals surface area contributed by atoms with E-state index in [2.05, 4.69) is 47.7 Å². The summed E-state index contributed by atoms with van der Waals surface area (Å²) in [5.41, 5.74) is 5.06. The fraction of sp³-hybridized carbons (Fsp3) is 0.0370. The highest BCUT2D eigenvalue weighted by atomic mass is 16.1. The zero-order chi connectivity index (χ0) is 21.2. The zero-order valence-corrected chi connectivity index (χ0v) is 17.1. The molecule has 5 aromatic rings. The Labute approximate surface area is 180 Å². The molecule has 1 aromatic heterocycles. The fourth-order valence-corrected chi connectivity index (χ4v) is 3.65. The van der Waals surface area contributed by atoms with Crippen LogP contribution in [-0.4, -0.2) is 15.7 Å². The van der Waals surface area contributed by atoms with E-state index in [9.17, 15) is 4.79 Å². The number of para-hydroxylation sites is 1. The number of carbonyl (C=O) groups is 1. The third kappa shape index (κ3) is 3.83. The van der Waals surface area contributed by atoms with Crippen LogP contribution in [-0.2, 0) is 0 Å². The Kier molecular flexibility index (Phi) is 4.81. The van der Waals surface area contributed by atoms with Crippen LogP contribution >= 0.6 is 0 Å². The first kappa shape index (κ1) is 18.8. The van der Waals surface area contributed by atoms with Gasteiger partial charge in [-0.3, -0.25) is 4.79 Å². The first-order valence-electron chi connectivity index (χ1n) is 10.2. The molecule has 4 nitrogen and oxygen atoms in total. The Bertz CT molecular complexity index is 1370. The number of rotatable bonds is 4. The van der Waals surface area contributed by atoms with E-state index in [-0.39, 0.29) is 5.91 Å². The lowest BCUT2D eigenvalue weighted by Crippen LogP contribution is -2.13. The lowest BCUT2D eigenvalue weighted by atomic mass is 10.0. The Morgan fingerprint density at radius 1 is 0.774 bits per heavy atom. The number of hydrogen-bond acceptors (Lipinski definition) is 2. The molecule has 0 saturated carbocycles. The molecule has 4 heteroatoms. The van der Waals surface area contributed by atoms with Crippen molar-refractivity contribution in [2.45, 2.75) is 6.92 Å². The molecule has 150 valence electrons. The second-order valence-electron chi connectivity index (χ2n) is 7.54. The summed E-state index contributed by atoms with van der Waals surface area (Å²) in [5, 5.41) is 9.91. The number of benzene rings is 4. The molecule has 1 heterocycles. The van der Waals surface area contributed by atoms with Crippen molar-refractivity contribution in [1.29, 1.82) is 0 Å². The van der Waals surface area contributed by atoms with E-state index in [0.29, 0.717) is 5.69 Å². The van der Waals surface area contributed by atoms with Gasteiger partial charge in [-0.05, 0) is 54.1 Å². The van der Waals surface area contributed by atoms with Crippen molar-refractivity contribution >= 4 is 22.4 Å². The Hall–Kier alpha value is -4.18. The molecule has 0 spiro atoms. The summed E-state index contributed by atoms with van der Waals surface area (Å²) >= 11 is 0. The minimum absolute atomic E-state index is 0.237. The number of nitrogens with one attached hydrogen (secondary N) is 1.